The SMILES string of the molecule is CCOC(=O)c1c(NC(=O)CSc2nnc(CNC(=O)c3cccs3)n2-c2cccc(C)c2C)sc2c1CCCC2. The number of ether oxygens (including phenoxy) is 1. The zero-order chi connectivity index (χ0) is 28.9. The number of fused-ring (bicyclic) bond motifs is 1. The third-order valence-electron chi connectivity index (χ3n) is 6.91. The molecule has 41 heavy (non-hydrogen) atoms. The highest BCUT2D eigenvalue weighted by Crippen LogP contribution is 2.39. The molecule has 4 aromatic rings. The smallest absolute Gasteiger partial charge is 0.341 e. The lowest BCUT2D eigenvalue weighted by Gasteiger charge is -2.15. The van der Waals surface area contributed by atoms with E-state index in [1.165, 1.54) is 34.4 Å². The van der Waals surface area contributed by atoms with Gasteiger partial charge in [0.05, 0.1) is 35.0 Å². The van der Waals surface area contributed by atoms with Crippen LogP contribution in [0.3, 0.4) is 0 Å². The number of aromatic nitrogens is 3. The molecule has 1 aromatic carbocycles. The topological polar surface area (TPSA) is 115 Å². The van der Waals surface area contributed by atoms with Gasteiger partial charge in [0.1, 0.15) is 5.00 Å². The molecule has 0 saturated carbocycles. The van der Waals surface area contributed by atoms with Gasteiger partial charge in [-0.25, -0.2) is 4.79 Å². The molecule has 2 amide bonds. The number of anilines is 1. The maximum Gasteiger partial charge on any atom is 0.341 e. The molecule has 1 aliphatic carbocycles. The Labute approximate surface area is 250 Å². The summed E-state index contributed by atoms with van der Waals surface area (Å²) < 4.78 is 7.21. The Bertz CT molecular complexity index is 1580. The maximum absolute atomic E-state index is 13.2. The second kappa shape index (κ2) is 13.0. The molecular weight excluding hydrogens is 579 g/mol. The fourth-order valence-electron chi connectivity index (χ4n) is 4.75. The lowest BCUT2D eigenvalue weighted by molar-refractivity contribution is -0.113. The lowest BCUT2D eigenvalue weighted by Crippen LogP contribution is -2.24. The van der Waals surface area contributed by atoms with Gasteiger partial charge >= 0.3 is 5.97 Å². The first kappa shape index (κ1) is 29.0. The van der Waals surface area contributed by atoms with E-state index in [4.69, 9.17) is 4.74 Å². The molecule has 0 aliphatic heterocycles. The molecule has 0 saturated heterocycles. The van der Waals surface area contributed by atoms with Crippen molar-refractivity contribution in [3.05, 3.63) is 73.5 Å². The molecule has 0 radical (unpaired) electrons. The van der Waals surface area contributed by atoms with Crippen LogP contribution in [0.1, 0.15) is 67.2 Å². The van der Waals surface area contributed by atoms with Crippen LogP contribution in [0, 0.1) is 13.8 Å². The second-order valence-electron chi connectivity index (χ2n) is 9.59. The van der Waals surface area contributed by atoms with Crippen LogP contribution in [0.25, 0.3) is 5.69 Å². The van der Waals surface area contributed by atoms with Crippen molar-refractivity contribution in [3.63, 3.8) is 0 Å². The molecule has 5 rings (SSSR count). The molecule has 9 nitrogen and oxygen atoms in total. The minimum Gasteiger partial charge on any atom is -0.462 e. The molecular formula is C29H31N5O4S3. The highest BCUT2D eigenvalue weighted by molar-refractivity contribution is 7.99. The number of amides is 2. The Morgan fingerprint density at radius 3 is 2.71 bits per heavy atom. The van der Waals surface area contributed by atoms with Crippen molar-refractivity contribution in [2.24, 2.45) is 0 Å². The summed E-state index contributed by atoms with van der Waals surface area (Å²) in [7, 11) is 0. The zero-order valence-electron chi connectivity index (χ0n) is 23.1. The Hall–Kier alpha value is -3.48. The van der Waals surface area contributed by atoms with Crippen molar-refractivity contribution < 1.29 is 19.1 Å². The number of thioether (sulfide) groups is 1. The van der Waals surface area contributed by atoms with Gasteiger partial charge in [0.15, 0.2) is 11.0 Å². The summed E-state index contributed by atoms with van der Waals surface area (Å²) in [6.45, 7) is 6.28. The first-order valence-electron chi connectivity index (χ1n) is 13.4. The van der Waals surface area contributed by atoms with Crippen LogP contribution in [0.2, 0.25) is 0 Å². The van der Waals surface area contributed by atoms with Gasteiger partial charge in [0, 0.05) is 4.88 Å². The minimum absolute atomic E-state index is 0.0649. The Morgan fingerprint density at radius 2 is 1.93 bits per heavy atom. The van der Waals surface area contributed by atoms with Crippen LogP contribution >= 0.6 is 34.4 Å². The van der Waals surface area contributed by atoms with E-state index in [0.29, 0.717) is 26.4 Å². The number of hydrogen-bond donors (Lipinski definition) is 2. The van der Waals surface area contributed by atoms with Gasteiger partial charge in [-0.05, 0) is 80.7 Å². The number of nitrogens with one attached hydrogen (secondary N) is 2. The fourth-order valence-corrected chi connectivity index (χ4v) is 7.45. The number of esters is 1. The van der Waals surface area contributed by atoms with E-state index >= 15 is 0 Å². The van der Waals surface area contributed by atoms with Crippen molar-refractivity contribution in [2.45, 2.75) is 58.2 Å². The lowest BCUT2D eigenvalue weighted by atomic mass is 9.95. The predicted molar refractivity (Wildman–Crippen MR) is 163 cm³/mol. The summed E-state index contributed by atoms with van der Waals surface area (Å²) in [6, 6.07) is 9.57. The van der Waals surface area contributed by atoms with E-state index in [-0.39, 0.29) is 30.7 Å². The van der Waals surface area contributed by atoms with Gasteiger partial charge in [0.25, 0.3) is 5.91 Å². The molecule has 0 bridgehead atoms. The number of carbonyl (C=O) groups is 3. The van der Waals surface area contributed by atoms with Crippen LogP contribution < -0.4 is 10.6 Å². The molecule has 0 atom stereocenters. The monoisotopic (exact) mass is 609 g/mol. The fraction of sp³-hybridized carbons (Fsp3) is 0.345. The summed E-state index contributed by atoms with van der Waals surface area (Å²) in [5.74, 6) is -0.196. The number of carbonyl (C=O) groups excluding carboxylic acids is 3. The number of nitrogens with zero attached hydrogens (tertiary/aromatic N) is 3. The van der Waals surface area contributed by atoms with Crippen LogP contribution in [0.5, 0.6) is 0 Å². The van der Waals surface area contributed by atoms with Gasteiger partial charge in [-0.15, -0.1) is 32.9 Å². The number of benzene rings is 1. The van der Waals surface area contributed by atoms with Gasteiger partial charge in [-0.1, -0.05) is 30.0 Å². The van der Waals surface area contributed by atoms with Crippen molar-refractivity contribution >= 4 is 57.2 Å². The van der Waals surface area contributed by atoms with E-state index in [9.17, 15) is 14.4 Å². The van der Waals surface area contributed by atoms with E-state index in [0.717, 1.165) is 52.9 Å². The van der Waals surface area contributed by atoms with Crippen molar-refractivity contribution in [3.8, 4) is 5.69 Å². The molecule has 0 fully saturated rings. The zero-order valence-corrected chi connectivity index (χ0v) is 25.6. The van der Waals surface area contributed by atoms with Crippen LogP contribution in [-0.4, -0.2) is 44.9 Å². The third-order valence-corrected chi connectivity index (χ3v) is 9.91. The number of hydrogen-bond acceptors (Lipinski definition) is 9. The predicted octanol–water partition coefficient (Wildman–Crippen LogP) is 5.72. The van der Waals surface area contributed by atoms with Gasteiger partial charge in [-0.2, -0.15) is 0 Å². The standard InChI is InChI=1S/C29H31N5O4S3/c1-4-38-28(37)25-19-10-5-6-12-21(19)41-27(25)31-24(35)16-40-29-33-32-23(15-30-26(36)22-13-8-14-39-22)34(29)20-11-7-9-17(2)18(20)3/h7-9,11,13-14H,4-6,10,12,15-16H2,1-3H3,(H,30,36)(H,31,35). The molecule has 214 valence electrons. The highest BCUT2D eigenvalue weighted by Gasteiger charge is 2.27. The number of aryl methyl sites for hydroxylation is 2. The normalized spacial score (nSPS) is 12.6. The minimum atomic E-state index is -0.390. The molecule has 3 heterocycles. The third kappa shape index (κ3) is 6.39. The molecule has 0 spiro atoms. The average molecular weight is 610 g/mol. The average Bonchev–Trinajstić information content (AvgIpc) is 3.71. The number of rotatable bonds is 10. The molecule has 1 aliphatic rings. The summed E-state index contributed by atoms with van der Waals surface area (Å²) in [6.07, 6.45) is 3.81. The van der Waals surface area contributed by atoms with E-state index in [1.807, 2.05) is 48.1 Å². The van der Waals surface area contributed by atoms with Crippen molar-refractivity contribution in [2.75, 3.05) is 17.7 Å². The van der Waals surface area contributed by atoms with E-state index in [2.05, 4.69) is 20.8 Å². The van der Waals surface area contributed by atoms with E-state index in [1.54, 1.807) is 13.0 Å². The first-order chi connectivity index (χ1) is 19.9. The Kier molecular flexibility index (Phi) is 9.21. The van der Waals surface area contributed by atoms with Gasteiger partial charge in [-0.3, -0.25) is 14.2 Å². The molecule has 3 aromatic heterocycles. The molecule has 0 unspecified atom stereocenters. The molecule has 2 N–H and O–H groups in total. The summed E-state index contributed by atoms with van der Waals surface area (Å²) in [5.41, 5.74) is 4.53. The maximum atomic E-state index is 13.2. The van der Waals surface area contributed by atoms with Crippen LogP contribution in [0.15, 0.2) is 40.9 Å². The second-order valence-corrected chi connectivity index (χ2v) is 12.6. The Balaban J connectivity index is 1.36. The highest BCUT2D eigenvalue weighted by atomic mass is 32.2. The van der Waals surface area contributed by atoms with Crippen molar-refractivity contribution in [1.29, 1.82) is 0 Å². The quantitative estimate of drug-likeness (QED) is 0.174. The summed E-state index contributed by atoms with van der Waals surface area (Å²) in [5, 5.41) is 17.6. The first-order valence-corrected chi connectivity index (χ1v) is 16.1. The van der Waals surface area contributed by atoms with Gasteiger partial charge < -0.3 is 15.4 Å². The van der Waals surface area contributed by atoms with Crippen molar-refractivity contribution in [1.82, 2.24) is 20.1 Å². The molecule has 12 heteroatoms. The van der Waals surface area contributed by atoms with Gasteiger partial charge in [0.2, 0.25) is 5.91 Å². The summed E-state index contributed by atoms with van der Waals surface area (Å²) in [4.78, 5) is 40.3. The van der Waals surface area contributed by atoms with Crippen LogP contribution in [-0.2, 0) is 28.9 Å². The Morgan fingerprint density at radius 1 is 1.10 bits per heavy atom. The summed E-state index contributed by atoms with van der Waals surface area (Å²) >= 11 is 4.09. The van der Waals surface area contributed by atoms with E-state index < -0.39 is 5.97 Å². The largest absolute Gasteiger partial charge is 0.462 e. The van der Waals surface area contributed by atoms with Crippen LogP contribution in [0.4, 0.5) is 5.00 Å². The number of thiophene rings is 2.